The molecule has 2 amide bonds. The molecule has 0 fully saturated rings. The molecule has 0 bridgehead atoms. The van der Waals surface area contributed by atoms with E-state index in [1.807, 2.05) is 0 Å². The summed E-state index contributed by atoms with van der Waals surface area (Å²) in [6, 6.07) is 7.51. The first kappa shape index (κ1) is 23.1. The first-order chi connectivity index (χ1) is 15.2. The van der Waals surface area contributed by atoms with Crippen molar-refractivity contribution < 1.29 is 29.8 Å². The molecule has 12 nitrogen and oxygen atoms in total. The third kappa shape index (κ3) is 5.00. The smallest absolute Gasteiger partial charge is 0.277 e. The van der Waals surface area contributed by atoms with Gasteiger partial charge < -0.3 is 15.3 Å². The summed E-state index contributed by atoms with van der Waals surface area (Å²) in [6.07, 6.45) is -3.60. The Hall–Kier alpha value is -3.58. The van der Waals surface area contributed by atoms with Crippen LogP contribution in [0.25, 0.3) is 0 Å². The largest absolute Gasteiger partial charge is 0.394 e. The standard InChI is InChI=1S/C19H16ClN5O7/c20-10-3-6-12-13(7-10)21-16(19(30)22-12)15(17(28)14(27)8-26)23-24-18(29)9-1-4-11(5-2-9)25(31)32/h1-7,14,16-17,26-28H,8H2,(H,24,29)/b23-15+. The third-order valence-corrected chi connectivity index (χ3v) is 4.67. The van der Waals surface area contributed by atoms with Crippen LogP contribution in [0.4, 0.5) is 5.69 Å². The molecule has 0 radical (unpaired) electrons. The van der Waals surface area contributed by atoms with Gasteiger partial charge in [0.1, 0.15) is 17.9 Å². The molecule has 0 spiro atoms. The first-order valence-electron chi connectivity index (χ1n) is 9.06. The lowest BCUT2D eigenvalue weighted by atomic mass is 10.0. The minimum atomic E-state index is -1.87. The number of halogens is 1. The summed E-state index contributed by atoms with van der Waals surface area (Å²) < 4.78 is 0. The predicted octanol–water partition coefficient (Wildman–Crippen LogP) is -1.10. The van der Waals surface area contributed by atoms with Crippen LogP contribution >= 0.6 is 11.6 Å². The van der Waals surface area contributed by atoms with Crippen molar-refractivity contribution >= 4 is 34.8 Å². The number of nitro groups is 1. The van der Waals surface area contributed by atoms with Crippen LogP contribution in [-0.4, -0.2) is 62.6 Å². The predicted molar refractivity (Wildman–Crippen MR) is 110 cm³/mol. The van der Waals surface area contributed by atoms with Crippen molar-refractivity contribution in [3.8, 4) is 0 Å². The second-order valence-electron chi connectivity index (χ2n) is 6.59. The van der Waals surface area contributed by atoms with E-state index in [0.29, 0.717) is 5.02 Å². The third-order valence-electron chi connectivity index (χ3n) is 4.43. The summed E-state index contributed by atoms with van der Waals surface area (Å²) in [5.41, 5.74) is 1.42. The average molecular weight is 462 g/mol. The SMILES string of the molecule is O=C(N/N=C(\C1N=c2cc(Cl)ccc2=NC1=O)C(O)C(O)CO)c1ccc([N+](=O)[O-])cc1. The molecule has 3 atom stereocenters. The van der Waals surface area contributed by atoms with Gasteiger partial charge in [-0.15, -0.1) is 0 Å². The van der Waals surface area contributed by atoms with E-state index in [1.54, 1.807) is 0 Å². The Morgan fingerprint density at radius 2 is 1.91 bits per heavy atom. The zero-order valence-electron chi connectivity index (χ0n) is 16.1. The summed E-state index contributed by atoms with van der Waals surface area (Å²) in [5.74, 6) is -1.64. The maximum absolute atomic E-state index is 12.5. The molecule has 0 aliphatic carbocycles. The number of aliphatic hydroxyl groups is 3. The lowest BCUT2D eigenvalue weighted by Gasteiger charge is -2.22. The fourth-order valence-corrected chi connectivity index (χ4v) is 2.93. The second-order valence-corrected chi connectivity index (χ2v) is 7.03. The van der Waals surface area contributed by atoms with Gasteiger partial charge in [0.25, 0.3) is 17.5 Å². The number of carbonyl (C=O) groups is 2. The van der Waals surface area contributed by atoms with Crippen LogP contribution in [0.15, 0.2) is 57.6 Å². The Bertz CT molecular complexity index is 1220. The number of nitro benzene ring substituents is 1. The van der Waals surface area contributed by atoms with Crippen LogP contribution in [0, 0.1) is 10.1 Å². The van der Waals surface area contributed by atoms with Crippen molar-refractivity contribution in [1.29, 1.82) is 0 Å². The zero-order valence-corrected chi connectivity index (χ0v) is 16.9. The highest BCUT2D eigenvalue weighted by atomic mass is 35.5. The fraction of sp³-hybridized carbons (Fsp3) is 0.211. The minimum Gasteiger partial charge on any atom is -0.394 e. The Morgan fingerprint density at radius 1 is 1.22 bits per heavy atom. The number of fused-ring (bicyclic) bond motifs is 1. The van der Waals surface area contributed by atoms with Gasteiger partial charge in [-0.1, -0.05) is 11.6 Å². The molecular weight excluding hydrogens is 446 g/mol. The number of hydrazone groups is 1. The van der Waals surface area contributed by atoms with E-state index in [4.69, 9.17) is 11.6 Å². The molecular formula is C19H16ClN5O7. The molecule has 0 aromatic heterocycles. The van der Waals surface area contributed by atoms with Gasteiger partial charge >= 0.3 is 0 Å². The molecule has 2 aromatic carbocycles. The van der Waals surface area contributed by atoms with Crippen molar-refractivity contribution in [2.75, 3.05) is 6.61 Å². The number of rotatable bonds is 7. The number of hydrogen-bond donors (Lipinski definition) is 4. The monoisotopic (exact) mass is 461 g/mol. The topological polar surface area (TPSA) is 187 Å². The molecule has 1 aliphatic heterocycles. The summed E-state index contributed by atoms with van der Waals surface area (Å²) >= 11 is 5.94. The zero-order chi connectivity index (χ0) is 23.4. The maximum Gasteiger partial charge on any atom is 0.277 e. The molecule has 13 heteroatoms. The lowest BCUT2D eigenvalue weighted by molar-refractivity contribution is -0.384. The fourth-order valence-electron chi connectivity index (χ4n) is 2.76. The van der Waals surface area contributed by atoms with Gasteiger partial charge in [-0.05, 0) is 30.3 Å². The van der Waals surface area contributed by atoms with Gasteiger partial charge in [-0.25, -0.2) is 10.4 Å². The molecule has 3 rings (SSSR count). The highest BCUT2D eigenvalue weighted by Crippen LogP contribution is 2.13. The Morgan fingerprint density at radius 3 is 2.53 bits per heavy atom. The number of nitrogens with zero attached hydrogens (tertiary/aromatic N) is 4. The quantitative estimate of drug-likeness (QED) is 0.228. The average Bonchev–Trinajstić information content (AvgIpc) is 2.78. The van der Waals surface area contributed by atoms with E-state index >= 15 is 0 Å². The molecule has 1 aliphatic rings. The second kappa shape index (κ2) is 9.70. The van der Waals surface area contributed by atoms with Gasteiger partial charge in [0, 0.05) is 22.7 Å². The van der Waals surface area contributed by atoms with Gasteiger partial charge in [-0.2, -0.15) is 5.10 Å². The number of benzene rings is 2. The molecule has 3 unspecified atom stereocenters. The molecule has 32 heavy (non-hydrogen) atoms. The number of nitrogens with one attached hydrogen (secondary N) is 1. The summed E-state index contributed by atoms with van der Waals surface area (Å²) in [5, 5.41) is 44.7. The van der Waals surface area contributed by atoms with Gasteiger partial charge in [0.15, 0.2) is 6.04 Å². The van der Waals surface area contributed by atoms with E-state index < -0.39 is 47.3 Å². The minimum absolute atomic E-state index is 0.00428. The lowest BCUT2D eigenvalue weighted by Crippen LogP contribution is -2.49. The van der Waals surface area contributed by atoms with Crippen LogP contribution in [0.2, 0.25) is 5.02 Å². The van der Waals surface area contributed by atoms with Crippen LogP contribution in [-0.2, 0) is 4.79 Å². The molecule has 0 saturated heterocycles. The van der Waals surface area contributed by atoms with Gasteiger partial charge in [0.2, 0.25) is 0 Å². The van der Waals surface area contributed by atoms with E-state index in [1.165, 1.54) is 30.3 Å². The maximum atomic E-state index is 12.5. The molecule has 166 valence electrons. The van der Waals surface area contributed by atoms with Crippen LogP contribution in [0.5, 0.6) is 0 Å². The van der Waals surface area contributed by atoms with Crippen molar-refractivity contribution in [3.63, 3.8) is 0 Å². The van der Waals surface area contributed by atoms with Crippen molar-refractivity contribution in [3.05, 3.63) is 73.9 Å². The van der Waals surface area contributed by atoms with E-state index in [9.17, 15) is 35.0 Å². The van der Waals surface area contributed by atoms with Gasteiger partial charge in [0.05, 0.1) is 22.2 Å². The van der Waals surface area contributed by atoms with Gasteiger partial charge in [-0.3, -0.25) is 24.7 Å². The molecule has 2 aromatic rings. The molecule has 1 heterocycles. The van der Waals surface area contributed by atoms with E-state index in [2.05, 4.69) is 20.5 Å². The van der Waals surface area contributed by atoms with Crippen LogP contribution in [0.1, 0.15) is 10.4 Å². The first-order valence-corrected chi connectivity index (χ1v) is 9.44. The number of non-ortho nitro benzene ring substituents is 1. The normalized spacial score (nSPS) is 17.4. The van der Waals surface area contributed by atoms with Crippen molar-refractivity contribution in [1.82, 2.24) is 5.43 Å². The number of amides is 2. The van der Waals surface area contributed by atoms with E-state index in [0.717, 1.165) is 12.1 Å². The highest BCUT2D eigenvalue weighted by molar-refractivity contribution is 6.30. The highest BCUT2D eigenvalue weighted by Gasteiger charge is 2.34. The summed E-state index contributed by atoms with van der Waals surface area (Å²) in [6.45, 7) is -0.864. The summed E-state index contributed by atoms with van der Waals surface area (Å²) in [7, 11) is 0. The van der Waals surface area contributed by atoms with Crippen LogP contribution in [0.3, 0.4) is 0 Å². The molecule has 0 saturated carbocycles. The molecule has 4 N–H and O–H groups in total. The van der Waals surface area contributed by atoms with Crippen LogP contribution < -0.4 is 16.1 Å². The van der Waals surface area contributed by atoms with Crippen molar-refractivity contribution in [2.24, 2.45) is 15.1 Å². The summed E-state index contributed by atoms with van der Waals surface area (Å²) in [4.78, 5) is 43.0. The van der Waals surface area contributed by atoms with E-state index in [-0.39, 0.29) is 22.0 Å². The number of aliphatic hydroxyl groups excluding tert-OH is 3. The Labute approximate surface area is 184 Å². The number of hydrogen-bond acceptors (Lipinski definition) is 9. The number of carbonyl (C=O) groups excluding carboxylic acids is 2. The Kier molecular flexibility index (Phi) is 7.00. The Balaban J connectivity index is 1.95. The van der Waals surface area contributed by atoms with Crippen molar-refractivity contribution in [2.45, 2.75) is 18.2 Å².